The van der Waals surface area contributed by atoms with Crippen molar-refractivity contribution in [2.75, 3.05) is 7.11 Å². The normalized spacial score (nSPS) is 10.1. The fourth-order valence-corrected chi connectivity index (χ4v) is 0.285. The first-order chi connectivity index (χ1) is 4.22. The second-order valence-corrected chi connectivity index (χ2v) is 1.51. The van der Waals surface area contributed by atoms with Crippen LogP contribution in [-0.2, 0) is 4.84 Å². The second kappa shape index (κ2) is 3.67. The predicted molar refractivity (Wildman–Crippen MR) is 34.9 cm³/mol. The molecule has 0 aromatic carbocycles. The zero-order valence-electron chi connectivity index (χ0n) is 5.51. The number of allylic oxidation sites excluding steroid dienone is 1. The Morgan fingerprint density at radius 1 is 1.78 bits per heavy atom. The molecule has 0 aliphatic rings. The minimum atomic E-state index is 0.234. The van der Waals surface area contributed by atoms with Gasteiger partial charge in [0.15, 0.2) is 5.71 Å². The van der Waals surface area contributed by atoms with Crippen molar-refractivity contribution in [3.8, 4) is 6.07 Å². The molecule has 3 nitrogen and oxygen atoms in total. The van der Waals surface area contributed by atoms with Gasteiger partial charge in [0.25, 0.3) is 0 Å². The van der Waals surface area contributed by atoms with Gasteiger partial charge in [0.1, 0.15) is 13.2 Å². The molecule has 0 N–H and O–H groups in total. The molecule has 0 amide bonds. The van der Waals surface area contributed by atoms with Crippen molar-refractivity contribution in [1.82, 2.24) is 0 Å². The molecule has 0 unspecified atom stereocenters. The molecule has 0 bridgehead atoms. The van der Waals surface area contributed by atoms with E-state index in [-0.39, 0.29) is 5.71 Å². The fraction of sp³-hybridized carbons (Fsp3) is 0.333. The van der Waals surface area contributed by atoms with Crippen LogP contribution in [0.1, 0.15) is 6.92 Å². The molecule has 0 saturated carbocycles. The highest BCUT2D eigenvalue weighted by Gasteiger charge is 1.95. The highest BCUT2D eigenvalue weighted by molar-refractivity contribution is 6.10. The Morgan fingerprint density at radius 3 is 2.44 bits per heavy atom. The molecule has 0 atom stereocenters. The Hall–Kier alpha value is -1.30. The van der Waals surface area contributed by atoms with Gasteiger partial charge in [0.05, 0.1) is 0 Å². The molecule has 0 spiro atoms. The van der Waals surface area contributed by atoms with Gasteiger partial charge in [-0.15, -0.1) is 0 Å². The van der Waals surface area contributed by atoms with Crippen LogP contribution in [0.5, 0.6) is 0 Å². The Labute approximate surface area is 54.2 Å². The topological polar surface area (TPSA) is 45.4 Å². The molecule has 0 aromatic rings. The third kappa shape index (κ3) is 2.50. The van der Waals surface area contributed by atoms with E-state index in [0.29, 0.717) is 5.57 Å². The maximum Gasteiger partial charge on any atom is 0.182 e. The summed E-state index contributed by atoms with van der Waals surface area (Å²) in [5.74, 6) is 0. The summed E-state index contributed by atoms with van der Waals surface area (Å²) in [5.41, 5.74) is 0.844. The number of nitrogens with zero attached hydrogens (tertiary/aromatic N) is 2. The van der Waals surface area contributed by atoms with Crippen LogP contribution in [0.2, 0.25) is 0 Å². The van der Waals surface area contributed by atoms with Crippen LogP contribution in [0.3, 0.4) is 0 Å². The number of hydrogen-bond donors (Lipinski definition) is 0. The summed E-state index contributed by atoms with van der Waals surface area (Å²) in [6, 6.07) is 1.83. The molecule has 0 fully saturated rings. The molecule has 3 heteroatoms. The summed E-state index contributed by atoms with van der Waals surface area (Å²) in [7, 11) is 1.39. The van der Waals surface area contributed by atoms with Gasteiger partial charge in [0, 0.05) is 0 Å². The molecule has 0 aliphatic carbocycles. The van der Waals surface area contributed by atoms with E-state index in [4.69, 9.17) is 5.26 Å². The minimum Gasteiger partial charge on any atom is -0.398 e. The summed E-state index contributed by atoms with van der Waals surface area (Å²) in [6.45, 7) is 5.21. The average Bonchev–Trinajstić information content (AvgIpc) is 1.82. The Morgan fingerprint density at radius 2 is 2.33 bits per heavy atom. The zero-order valence-corrected chi connectivity index (χ0v) is 5.51. The number of oxime groups is 1. The van der Waals surface area contributed by atoms with Crippen LogP contribution >= 0.6 is 0 Å². The summed E-state index contributed by atoms with van der Waals surface area (Å²) in [6.07, 6.45) is 0. The van der Waals surface area contributed by atoms with Crippen molar-refractivity contribution in [3.05, 3.63) is 12.2 Å². The van der Waals surface area contributed by atoms with Gasteiger partial charge in [-0.25, -0.2) is 0 Å². The largest absolute Gasteiger partial charge is 0.398 e. The van der Waals surface area contributed by atoms with Crippen LogP contribution in [0.4, 0.5) is 0 Å². The van der Waals surface area contributed by atoms with E-state index in [0.717, 1.165) is 0 Å². The summed E-state index contributed by atoms with van der Waals surface area (Å²) in [5, 5.41) is 11.7. The van der Waals surface area contributed by atoms with Gasteiger partial charge in [-0.05, 0) is 12.5 Å². The van der Waals surface area contributed by atoms with Crippen molar-refractivity contribution in [3.63, 3.8) is 0 Å². The van der Waals surface area contributed by atoms with Crippen molar-refractivity contribution in [2.45, 2.75) is 6.92 Å². The van der Waals surface area contributed by atoms with Gasteiger partial charge < -0.3 is 4.84 Å². The number of rotatable bonds is 2. The van der Waals surface area contributed by atoms with E-state index in [1.807, 2.05) is 6.07 Å². The van der Waals surface area contributed by atoms with Crippen LogP contribution in [-0.4, -0.2) is 12.8 Å². The van der Waals surface area contributed by atoms with Gasteiger partial charge in [-0.2, -0.15) is 5.26 Å². The Bertz CT molecular complexity index is 176. The van der Waals surface area contributed by atoms with E-state index in [1.54, 1.807) is 6.92 Å². The van der Waals surface area contributed by atoms with Gasteiger partial charge in [-0.3, -0.25) is 0 Å². The van der Waals surface area contributed by atoms with Gasteiger partial charge in [-0.1, -0.05) is 11.7 Å². The molecule has 0 radical (unpaired) electrons. The quantitative estimate of drug-likeness (QED) is 0.408. The first-order valence-corrected chi connectivity index (χ1v) is 2.39. The molecule has 0 heterocycles. The smallest absolute Gasteiger partial charge is 0.182 e. The average molecular weight is 124 g/mol. The molecule has 9 heavy (non-hydrogen) atoms. The van der Waals surface area contributed by atoms with Crippen LogP contribution in [0.25, 0.3) is 0 Å². The van der Waals surface area contributed by atoms with Crippen molar-refractivity contribution < 1.29 is 4.84 Å². The monoisotopic (exact) mass is 124 g/mol. The van der Waals surface area contributed by atoms with Gasteiger partial charge in [0.2, 0.25) is 0 Å². The maximum absolute atomic E-state index is 8.31. The molecule has 0 aliphatic heterocycles. The lowest BCUT2D eigenvalue weighted by Crippen LogP contribution is -1.94. The van der Waals surface area contributed by atoms with Crippen LogP contribution < -0.4 is 0 Å². The van der Waals surface area contributed by atoms with E-state index >= 15 is 0 Å². The standard InChI is InChI=1S/C6H8N2O/c1-5(2)6(4-7)8-9-3/h1H2,2-3H3/b8-6-. The summed E-state index contributed by atoms with van der Waals surface area (Å²) < 4.78 is 0. The van der Waals surface area contributed by atoms with Crippen molar-refractivity contribution >= 4 is 5.71 Å². The van der Waals surface area contributed by atoms with E-state index in [9.17, 15) is 0 Å². The fourth-order valence-electron chi connectivity index (χ4n) is 0.285. The first-order valence-electron chi connectivity index (χ1n) is 2.39. The highest BCUT2D eigenvalue weighted by Crippen LogP contribution is 1.91. The molecule has 0 rings (SSSR count). The van der Waals surface area contributed by atoms with Gasteiger partial charge >= 0.3 is 0 Å². The molecule has 0 saturated heterocycles. The number of hydrogen-bond acceptors (Lipinski definition) is 3. The highest BCUT2D eigenvalue weighted by atomic mass is 16.6. The van der Waals surface area contributed by atoms with E-state index in [1.165, 1.54) is 7.11 Å². The Kier molecular flexibility index (Phi) is 3.14. The predicted octanol–water partition coefficient (Wildman–Crippen LogP) is 1.09. The molecule has 0 aromatic heterocycles. The lowest BCUT2D eigenvalue weighted by molar-refractivity contribution is 0.214. The summed E-state index contributed by atoms with van der Waals surface area (Å²) in [4.78, 5) is 4.36. The first kappa shape index (κ1) is 7.70. The van der Waals surface area contributed by atoms with E-state index < -0.39 is 0 Å². The third-order valence-electron chi connectivity index (χ3n) is 0.693. The van der Waals surface area contributed by atoms with E-state index in [2.05, 4.69) is 16.6 Å². The van der Waals surface area contributed by atoms with Crippen LogP contribution in [0.15, 0.2) is 17.3 Å². The molecular weight excluding hydrogens is 116 g/mol. The SMILES string of the molecule is C=C(C)/C(C#N)=N\OC. The molecular formula is C6H8N2O. The molecule has 48 valence electrons. The number of nitriles is 1. The maximum atomic E-state index is 8.31. The van der Waals surface area contributed by atoms with Crippen molar-refractivity contribution in [1.29, 1.82) is 5.26 Å². The lowest BCUT2D eigenvalue weighted by atomic mass is 10.2. The van der Waals surface area contributed by atoms with Crippen LogP contribution in [0, 0.1) is 11.3 Å². The zero-order chi connectivity index (χ0) is 7.28. The lowest BCUT2D eigenvalue weighted by Gasteiger charge is -1.90. The minimum absolute atomic E-state index is 0.234. The van der Waals surface area contributed by atoms with Crippen molar-refractivity contribution in [2.24, 2.45) is 5.16 Å². The Balaban J connectivity index is 4.20. The second-order valence-electron chi connectivity index (χ2n) is 1.51. The third-order valence-corrected chi connectivity index (χ3v) is 0.693. The summed E-state index contributed by atoms with van der Waals surface area (Å²) >= 11 is 0.